The first-order valence-corrected chi connectivity index (χ1v) is 11.8. The van der Waals surface area contributed by atoms with Crippen molar-refractivity contribution in [2.24, 2.45) is 0 Å². The summed E-state index contributed by atoms with van der Waals surface area (Å²) in [4.78, 5) is 2.56. The van der Waals surface area contributed by atoms with E-state index in [0.717, 1.165) is 67.9 Å². The summed E-state index contributed by atoms with van der Waals surface area (Å²) < 4.78 is 19.0. The van der Waals surface area contributed by atoms with E-state index >= 15 is 0 Å². The van der Waals surface area contributed by atoms with Crippen LogP contribution in [0.15, 0.2) is 30.3 Å². The van der Waals surface area contributed by atoms with Crippen molar-refractivity contribution in [2.75, 3.05) is 38.9 Å². The molecule has 4 rings (SSSR count). The number of pyridine rings is 1. The number of hydrogen-bond acceptors (Lipinski definition) is 5. The lowest BCUT2D eigenvalue weighted by molar-refractivity contribution is 0.0844. The van der Waals surface area contributed by atoms with E-state index in [9.17, 15) is 0 Å². The van der Waals surface area contributed by atoms with Crippen molar-refractivity contribution in [3.05, 3.63) is 41.0 Å². The van der Waals surface area contributed by atoms with E-state index in [-0.39, 0.29) is 0 Å². The van der Waals surface area contributed by atoms with E-state index in [1.54, 1.807) is 14.2 Å². The highest BCUT2D eigenvalue weighted by Crippen LogP contribution is 2.42. The number of hydrogen-bond donors (Lipinski definition) is 0. The smallest absolute Gasteiger partial charge is 0.133 e. The van der Waals surface area contributed by atoms with E-state index in [0.29, 0.717) is 22.6 Å². The van der Waals surface area contributed by atoms with Gasteiger partial charge in [0, 0.05) is 30.8 Å². The largest absolute Gasteiger partial charge is 0.496 e. The topological polar surface area (TPSA) is 48.2 Å². The van der Waals surface area contributed by atoms with Gasteiger partial charge in [0.2, 0.25) is 0 Å². The SMILES string of the molecule is CCCN(c1c(CC)nn2c(-c3c(OC)cc(Cl)cc3OC)cccc12)C1CCOCC1. The molecule has 3 aromatic rings. The Morgan fingerprint density at radius 2 is 1.81 bits per heavy atom. The Labute approximate surface area is 195 Å². The van der Waals surface area contributed by atoms with Gasteiger partial charge in [-0.1, -0.05) is 31.5 Å². The van der Waals surface area contributed by atoms with E-state index < -0.39 is 0 Å². The zero-order chi connectivity index (χ0) is 22.7. The van der Waals surface area contributed by atoms with Crippen molar-refractivity contribution in [3.63, 3.8) is 0 Å². The molecule has 1 aromatic carbocycles. The molecule has 0 radical (unpaired) electrons. The molecule has 1 aliphatic rings. The summed E-state index contributed by atoms with van der Waals surface area (Å²) in [5, 5.41) is 5.65. The second-order valence-corrected chi connectivity index (χ2v) is 8.52. The summed E-state index contributed by atoms with van der Waals surface area (Å²) in [5.41, 5.74) is 5.18. The number of rotatable bonds is 8. The van der Waals surface area contributed by atoms with Crippen LogP contribution >= 0.6 is 11.6 Å². The Hall–Kier alpha value is -2.44. The van der Waals surface area contributed by atoms with Crippen LogP contribution in [-0.2, 0) is 11.2 Å². The predicted octanol–water partition coefficient (Wildman–Crippen LogP) is 5.63. The standard InChI is InChI=1S/C25H32ClN3O3/c1-5-12-28(18-10-13-32-14-11-18)25-19(6-2)27-29-20(8-7-9-21(25)29)24-22(30-3)15-17(26)16-23(24)31-4/h7-9,15-16,18H,5-6,10-14H2,1-4H3. The number of methoxy groups -OCH3 is 2. The molecule has 1 saturated heterocycles. The fourth-order valence-corrected chi connectivity index (χ4v) is 4.89. The number of anilines is 1. The molecular weight excluding hydrogens is 426 g/mol. The normalized spacial score (nSPS) is 14.7. The van der Waals surface area contributed by atoms with Gasteiger partial charge < -0.3 is 19.1 Å². The van der Waals surface area contributed by atoms with Gasteiger partial charge in [-0.25, -0.2) is 4.52 Å². The van der Waals surface area contributed by atoms with Gasteiger partial charge in [-0.3, -0.25) is 0 Å². The van der Waals surface area contributed by atoms with Crippen LogP contribution in [0.5, 0.6) is 11.5 Å². The van der Waals surface area contributed by atoms with E-state index in [1.807, 2.05) is 16.6 Å². The monoisotopic (exact) mass is 457 g/mol. The van der Waals surface area contributed by atoms with Gasteiger partial charge >= 0.3 is 0 Å². The van der Waals surface area contributed by atoms with Gasteiger partial charge in [0.05, 0.1) is 42.4 Å². The van der Waals surface area contributed by atoms with Crippen molar-refractivity contribution < 1.29 is 14.2 Å². The van der Waals surface area contributed by atoms with Crippen molar-refractivity contribution in [3.8, 4) is 22.8 Å². The van der Waals surface area contributed by atoms with E-state index in [4.69, 9.17) is 30.9 Å². The summed E-state index contributed by atoms with van der Waals surface area (Å²) in [6.45, 7) is 7.03. The lowest BCUT2D eigenvalue weighted by Crippen LogP contribution is -2.40. The third-order valence-electron chi connectivity index (χ3n) is 6.15. The highest BCUT2D eigenvalue weighted by molar-refractivity contribution is 6.31. The molecule has 0 aliphatic carbocycles. The summed E-state index contributed by atoms with van der Waals surface area (Å²) in [5.74, 6) is 1.32. The molecule has 1 aliphatic heterocycles. The van der Waals surface area contributed by atoms with Gasteiger partial charge in [0.1, 0.15) is 11.5 Å². The molecule has 0 unspecified atom stereocenters. The lowest BCUT2D eigenvalue weighted by atomic mass is 10.0. The minimum absolute atomic E-state index is 0.463. The van der Waals surface area contributed by atoms with Gasteiger partial charge in [-0.05, 0) is 49.9 Å². The van der Waals surface area contributed by atoms with Crippen LogP contribution in [0.4, 0.5) is 5.69 Å². The number of fused-ring (bicyclic) bond motifs is 1. The molecule has 0 atom stereocenters. The van der Waals surface area contributed by atoms with Crippen LogP contribution in [0, 0.1) is 0 Å². The van der Waals surface area contributed by atoms with Gasteiger partial charge in [-0.15, -0.1) is 0 Å². The number of nitrogens with zero attached hydrogens (tertiary/aromatic N) is 3. The minimum Gasteiger partial charge on any atom is -0.496 e. The van der Waals surface area contributed by atoms with Crippen molar-refractivity contribution in [1.82, 2.24) is 9.61 Å². The Kier molecular flexibility index (Phi) is 7.11. The molecule has 7 heteroatoms. The molecule has 0 N–H and O–H groups in total. The third kappa shape index (κ3) is 4.14. The number of halogens is 1. The predicted molar refractivity (Wildman–Crippen MR) is 130 cm³/mol. The first-order valence-electron chi connectivity index (χ1n) is 11.4. The molecule has 0 spiro atoms. The van der Waals surface area contributed by atoms with Crippen LogP contribution in [0.1, 0.15) is 38.8 Å². The second kappa shape index (κ2) is 10.0. The summed E-state index contributed by atoms with van der Waals surface area (Å²) in [7, 11) is 3.30. The van der Waals surface area contributed by atoms with Crippen molar-refractivity contribution in [2.45, 2.75) is 45.6 Å². The molecule has 2 aromatic heterocycles. The fourth-order valence-electron chi connectivity index (χ4n) is 4.69. The quantitative estimate of drug-likeness (QED) is 0.438. The van der Waals surface area contributed by atoms with Crippen LogP contribution < -0.4 is 14.4 Å². The Bertz CT molecular complexity index is 1050. The van der Waals surface area contributed by atoms with E-state index in [2.05, 4.69) is 36.9 Å². The van der Waals surface area contributed by atoms with Crippen LogP contribution in [0.3, 0.4) is 0 Å². The molecular formula is C25H32ClN3O3. The number of aromatic nitrogens is 2. The molecule has 1 fully saturated rings. The highest BCUT2D eigenvalue weighted by atomic mass is 35.5. The summed E-state index contributed by atoms with van der Waals surface area (Å²) >= 11 is 6.30. The lowest BCUT2D eigenvalue weighted by Gasteiger charge is -2.36. The van der Waals surface area contributed by atoms with Gasteiger partial charge in [-0.2, -0.15) is 5.10 Å². The Morgan fingerprint density at radius 1 is 1.12 bits per heavy atom. The zero-order valence-corrected chi connectivity index (χ0v) is 20.1. The molecule has 0 amide bonds. The second-order valence-electron chi connectivity index (χ2n) is 8.08. The maximum Gasteiger partial charge on any atom is 0.133 e. The molecule has 3 heterocycles. The van der Waals surface area contributed by atoms with Gasteiger partial charge in [0.15, 0.2) is 0 Å². The van der Waals surface area contributed by atoms with E-state index in [1.165, 1.54) is 5.69 Å². The van der Waals surface area contributed by atoms with Gasteiger partial charge in [0.25, 0.3) is 0 Å². The molecule has 32 heavy (non-hydrogen) atoms. The first kappa shape index (κ1) is 22.7. The average molecular weight is 458 g/mol. The highest BCUT2D eigenvalue weighted by Gasteiger charge is 2.28. The Balaban J connectivity index is 1.94. The van der Waals surface area contributed by atoms with Crippen molar-refractivity contribution in [1.29, 1.82) is 0 Å². The number of aryl methyl sites for hydroxylation is 1. The number of ether oxygens (including phenoxy) is 3. The molecule has 6 nitrogen and oxygen atoms in total. The average Bonchev–Trinajstić information content (AvgIpc) is 3.21. The summed E-state index contributed by atoms with van der Waals surface area (Å²) in [6, 6.07) is 10.4. The molecule has 0 saturated carbocycles. The molecule has 0 bridgehead atoms. The van der Waals surface area contributed by atoms with Crippen LogP contribution in [0.25, 0.3) is 16.8 Å². The maximum absolute atomic E-state index is 6.30. The Morgan fingerprint density at radius 3 is 2.41 bits per heavy atom. The maximum atomic E-state index is 6.30. The fraction of sp³-hybridized carbons (Fsp3) is 0.480. The third-order valence-corrected chi connectivity index (χ3v) is 6.36. The minimum atomic E-state index is 0.463. The van der Waals surface area contributed by atoms with Crippen LogP contribution in [-0.4, -0.2) is 49.6 Å². The van der Waals surface area contributed by atoms with Crippen molar-refractivity contribution >= 4 is 22.8 Å². The van der Waals surface area contributed by atoms with Crippen LogP contribution in [0.2, 0.25) is 5.02 Å². The first-order chi connectivity index (χ1) is 15.6. The zero-order valence-electron chi connectivity index (χ0n) is 19.4. The number of benzene rings is 1. The molecule has 172 valence electrons. The summed E-state index contributed by atoms with van der Waals surface area (Å²) in [6.07, 6.45) is 4.02.